The Labute approximate surface area is 99.1 Å². The zero-order valence-corrected chi connectivity index (χ0v) is 10.3. The van der Waals surface area contributed by atoms with Crippen molar-refractivity contribution in [2.24, 2.45) is 0 Å². The van der Waals surface area contributed by atoms with E-state index in [0.717, 1.165) is 19.4 Å². The maximum absolute atomic E-state index is 2.25. The first-order valence-corrected chi connectivity index (χ1v) is 5.87. The molecule has 0 heterocycles. The van der Waals surface area contributed by atoms with Gasteiger partial charge in [0.05, 0.1) is 0 Å². The molecule has 1 aromatic rings. The van der Waals surface area contributed by atoms with E-state index in [0.29, 0.717) is 0 Å². The Kier molecular flexibility index (Phi) is 6.09. The van der Waals surface area contributed by atoms with Crippen molar-refractivity contribution in [3.63, 3.8) is 0 Å². The summed E-state index contributed by atoms with van der Waals surface area (Å²) in [6.45, 7) is 3.03. The molecule has 1 heteroatoms. The first-order valence-electron chi connectivity index (χ1n) is 5.87. The van der Waals surface area contributed by atoms with Gasteiger partial charge in [-0.15, -0.1) is 0 Å². The average molecular weight is 215 g/mol. The molecule has 0 saturated carbocycles. The third-order valence-corrected chi connectivity index (χ3v) is 2.48. The van der Waals surface area contributed by atoms with E-state index >= 15 is 0 Å². The van der Waals surface area contributed by atoms with E-state index in [2.05, 4.69) is 67.4 Å². The average Bonchev–Trinajstić information content (AvgIpc) is 2.34. The first-order chi connectivity index (χ1) is 7.84. The van der Waals surface area contributed by atoms with Crippen LogP contribution in [0.5, 0.6) is 0 Å². The van der Waals surface area contributed by atoms with Crippen LogP contribution in [-0.4, -0.2) is 13.6 Å². The molecule has 0 aliphatic rings. The van der Waals surface area contributed by atoms with E-state index in [-0.39, 0.29) is 0 Å². The van der Waals surface area contributed by atoms with Crippen LogP contribution in [0.1, 0.15) is 19.8 Å². The maximum atomic E-state index is 2.25. The smallest absolute Gasteiger partial charge is 0.0366 e. The lowest BCUT2D eigenvalue weighted by Gasteiger charge is -2.16. The largest absolute Gasteiger partial charge is 0.371 e. The highest BCUT2D eigenvalue weighted by Gasteiger charge is 1.94. The summed E-state index contributed by atoms with van der Waals surface area (Å²) in [7, 11) is 2.12. The van der Waals surface area contributed by atoms with E-state index in [9.17, 15) is 0 Å². The third-order valence-electron chi connectivity index (χ3n) is 2.48. The molecule has 0 atom stereocenters. The lowest BCUT2D eigenvalue weighted by Crippen LogP contribution is -2.16. The van der Waals surface area contributed by atoms with Crippen LogP contribution in [0.25, 0.3) is 0 Å². The van der Waals surface area contributed by atoms with E-state index in [1.165, 1.54) is 5.69 Å². The Morgan fingerprint density at radius 3 is 2.38 bits per heavy atom. The Morgan fingerprint density at radius 1 is 1.00 bits per heavy atom. The lowest BCUT2D eigenvalue weighted by atomic mass is 10.2. The van der Waals surface area contributed by atoms with Crippen LogP contribution in [0, 0.1) is 0 Å². The number of allylic oxidation sites excluding steroid dienone is 3. The molecule has 0 fully saturated rings. The highest BCUT2D eigenvalue weighted by molar-refractivity contribution is 5.45. The Hall–Kier alpha value is -1.50. The highest BCUT2D eigenvalue weighted by Crippen LogP contribution is 2.10. The van der Waals surface area contributed by atoms with E-state index in [1.54, 1.807) is 0 Å². The zero-order valence-electron chi connectivity index (χ0n) is 10.3. The van der Waals surface area contributed by atoms with Crippen LogP contribution in [-0.2, 0) is 0 Å². The van der Waals surface area contributed by atoms with Crippen molar-refractivity contribution >= 4 is 5.69 Å². The number of para-hydroxylation sites is 1. The molecule has 0 aromatic heterocycles. The normalized spacial score (nSPS) is 11.4. The van der Waals surface area contributed by atoms with Crippen molar-refractivity contribution in [2.45, 2.75) is 19.8 Å². The fourth-order valence-electron chi connectivity index (χ4n) is 1.50. The van der Waals surface area contributed by atoms with Gasteiger partial charge in [0.15, 0.2) is 0 Å². The summed E-state index contributed by atoms with van der Waals surface area (Å²) >= 11 is 0. The molecule has 0 N–H and O–H groups in total. The summed E-state index contributed by atoms with van der Waals surface area (Å²) < 4.78 is 0. The van der Waals surface area contributed by atoms with Crippen molar-refractivity contribution in [3.8, 4) is 0 Å². The van der Waals surface area contributed by atoms with Crippen LogP contribution in [0.15, 0.2) is 54.6 Å². The van der Waals surface area contributed by atoms with Crippen molar-refractivity contribution in [1.29, 1.82) is 0 Å². The van der Waals surface area contributed by atoms with Gasteiger partial charge in [-0.1, -0.05) is 42.5 Å². The molecule has 0 spiro atoms. The van der Waals surface area contributed by atoms with Gasteiger partial charge in [-0.25, -0.2) is 0 Å². The maximum Gasteiger partial charge on any atom is 0.0366 e. The van der Waals surface area contributed by atoms with E-state index in [1.807, 2.05) is 6.07 Å². The van der Waals surface area contributed by atoms with Gasteiger partial charge in [-0.2, -0.15) is 0 Å². The Bertz CT molecular complexity index is 325. The van der Waals surface area contributed by atoms with Crippen LogP contribution in [0.3, 0.4) is 0 Å². The first kappa shape index (κ1) is 12.6. The molecule has 86 valence electrons. The molecule has 0 amide bonds. The number of hydrogen-bond donors (Lipinski definition) is 0. The standard InChI is InChI=1S/C15H21N/c1-3-4-5-6-7-11-14-16(2)15-12-9-8-10-13-15/h3-4,7-13H,5-6,14H2,1-2H3/b4-3+,11-7+. The fourth-order valence-corrected chi connectivity index (χ4v) is 1.50. The van der Waals surface area contributed by atoms with Crippen molar-refractivity contribution < 1.29 is 0 Å². The highest BCUT2D eigenvalue weighted by atomic mass is 15.1. The monoisotopic (exact) mass is 215 g/mol. The number of unbranched alkanes of at least 4 members (excludes halogenated alkanes) is 1. The topological polar surface area (TPSA) is 3.24 Å². The van der Waals surface area contributed by atoms with E-state index in [4.69, 9.17) is 0 Å². The number of nitrogens with zero attached hydrogens (tertiary/aromatic N) is 1. The molecule has 1 aromatic carbocycles. The molecule has 16 heavy (non-hydrogen) atoms. The quantitative estimate of drug-likeness (QED) is 0.511. The van der Waals surface area contributed by atoms with Gasteiger partial charge in [0.25, 0.3) is 0 Å². The molecular weight excluding hydrogens is 194 g/mol. The summed E-state index contributed by atoms with van der Waals surface area (Å²) in [4.78, 5) is 2.24. The summed E-state index contributed by atoms with van der Waals surface area (Å²) in [6.07, 6.45) is 11.1. The second-order valence-electron chi connectivity index (χ2n) is 3.83. The third kappa shape index (κ3) is 4.83. The predicted octanol–water partition coefficient (Wildman–Crippen LogP) is 4.04. The number of likely N-dealkylation sites (N-methyl/N-ethyl adjacent to an activating group) is 1. The summed E-state index contributed by atoms with van der Waals surface area (Å²) in [6, 6.07) is 10.5. The molecule has 1 nitrogen and oxygen atoms in total. The van der Waals surface area contributed by atoms with E-state index < -0.39 is 0 Å². The summed E-state index contributed by atoms with van der Waals surface area (Å²) in [5.41, 5.74) is 1.26. The Balaban J connectivity index is 2.27. The summed E-state index contributed by atoms with van der Waals surface area (Å²) in [5, 5.41) is 0. The molecule has 0 radical (unpaired) electrons. The van der Waals surface area contributed by atoms with Crippen LogP contribution in [0.4, 0.5) is 5.69 Å². The molecule has 0 aliphatic carbocycles. The zero-order chi connectivity index (χ0) is 11.6. The van der Waals surface area contributed by atoms with Gasteiger partial charge >= 0.3 is 0 Å². The molecule has 1 rings (SSSR count). The van der Waals surface area contributed by atoms with Gasteiger partial charge in [0.1, 0.15) is 0 Å². The SMILES string of the molecule is C/C=C/CC/C=C/CN(C)c1ccccc1. The molecular formula is C15H21N. The van der Waals surface area contributed by atoms with Crippen LogP contribution >= 0.6 is 0 Å². The number of rotatable bonds is 6. The molecule has 0 aliphatic heterocycles. The predicted molar refractivity (Wildman–Crippen MR) is 72.9 cm³/mol. The van der Waals surface area contributed by atoms with Crippen LogP contribution in [0.2, 0.25) is 0 Å². The molecule has 0 bridgehead atoms. The molecule has 0 unspecified atom stereocenters. The van der Waals surface area contributed by atoms with Crippen molar-refractivity contribution in [1.82, 2.24) is 0 Å². The van der Waals surface area contributed by atoms with Gasteiger partial charge in [-0.3, -0.25) is 0 Å². The minimum Gasteiger partial charge on any atom is -0.371 e. The van der Waals surface area contributed by atoms with Gasteiger partial charge < -0.3 is 4.90 Å². The van der Waals surface area contributed by atoms with Crippen molar-refractivity contribution in [2.75, 3.05) is 18.5 Å². The Morgan fingerprint density at radius 2 is 1.69 bits per heavy atom. The van der Waals surface area contributed by atoms with Gasteiger partial charge in [0, 0.05) is 19.3 Å². The number of benzene rings is 1. The molecule has 0 saturated heterocycles. The number of hydrogen-bond acceptors (Lipinski definition) is 1. The van der Waals surface area contributed by atoms with Crippen molar-refractivity contribution in [3.05, 3.63) is 54.6 Å². The second-order valence-corrected chi connectivity index (χ2v) is 3.83. The van der Waals surface area contributed by atoms with Crippen LogP contribution < -0.4 is 4.90 Å². The number of anilines is 1. The summed E-state index contributed by atoms with van der Waals surface area (Å²) in [5.74, 6) is 0. The second kappa shape index (κ2) is 7.75. The fraction of sp³-hybridized carbons (Fsp3) is 0.333. The van der Waals surface area contributed by atoms with Gasteiger partial charge in [0.2, 0.25) is 0 Å². The minimum atomic E-state index is 0.972. The lowest BCUT2D eigenvalue weighted by molar-refractivity contribution is 1.00. The minimum absolute atomic E-state index is 0.972. The van der Waals surface area contributed by atoms with Gasteiger partial charge in [-0.05, 0) is 31.9 Å².